The van der Waals surface area contributed by atoms with Crippen molar-refractivity contribution in [2.24, 2.45) is 0 Å². The first-order valence-corrected chi connectivity index (χ1v) is 11.2. The molecule has 3 aromatic carbocycles. The molecule has 1 N–H and O–H groups in total. The smallest absolute Gasteiger partial charge is 0.328 e. The van der Waals surface area contributed by atoms with Crippen molar-refractivity contribution in [1.82, 2.24) is 0 Å². The van der Waals surface area contributed by atoms with Crippen molar-refractivity contribution in [3.8, 4) is 28.4 Å². The zero-order valence-corrected chi connectivity index (χ0v) is 19.6. The van der Waals surface area contributed by atoms with Crippen LogP contribution in [0.2, 0.25) is 0 Å². The Balaban J connectivity index is 1.69. The van der Waals surface area contributed by atoms with Gasteiger partial charge in [0, 0.05) is 36.6 Å². The lowest BCUT2D eigenvalue weighted by atomic mass is 10.00. The summed E-state index contributed by atoms with van der Waals surface area (Å²) in [5.74, 6) is -0.321. The van der Waals surface area contributed by atoms with Gasteiger partial charge in [-0.15, -0.1) is 0 Å². The molecule has 182 valence electrons. The molecule has 0 spiro atoms. The number of carbonyl (C=O) groups excluding carboxylic acids is 1. The van der Waals surface area contributed by atoms with Crippen molar-refractivity contribution >= 4 is 18.0 Å². The van der Waals surface area contributed by atoms with Crippen molar-refractivity contribution < 1.29 is 33.3 Å². The van der Waals surface area contributed by atoms with Crippen LogP contribution >= 0.6 is 0 Å². The first kappa shape index (κ1) is 25.5. The third kappa shape index (κ3) is 7.43. The van der Waals surface area contributed by atoms with Gasteiger partial charge < -0.3 is 19.3 Å². The number of hydrogen-bond donors (Lipinski definition) is 1. The van der Waals surface area contributed by atoms with Crippen LogP contribution in [0.1, 0.15) is 31.4 Å². The number of carboxylic acid groups (broad SMARTS) is 1. The van der Waals surface area contributed by atoms with Crippen LogP contribution in [0.15, 0.2) is 66.7 Å². The summed E-state index contributed by atoms with van der Waals surface area (Å²) in [7, 11) is 0. The molecule has 0 aliphatic carbocycles. The van der Waals surface area contributed by atoms with Crippen LogP contribution in [0.4, 0.5) is 4.39 Å². The van der Waals surface area contributed by atoms with Crippen LogP contribution in [0.5, 0.6) is 17.2 Å². The van der Waals surface area contributed by atoms with E-state index < -0.39 is 11.9 Å². The number of halogens is 1. The molecule has 0 fully saturated rings. The lowest BCUT2D eigenvalue weighted by molar-refractivity contribution is -0.132. The summed E-state index contributed by atoms with van der Waals surface area (Å²) >= 11 is 0. The molecular weight excluding hydrogens is 451 g/mol. The van der Waals surface area contributed by atoms with Crippen LogP contribution in [0.25, 0.3) is 17.2 Å². The Bertz CT molecular complexity index is 1200. The minimum atomic E-state index is -1.03. The molecule has 35 heavy (non-hydrogen) atoms. The Hall–Kier alpha value is -4.13. The molecular formula is C28H27FO6. The second-order valence-corrected chi connectivity index (χ2v) is 7.67. The highest BCUT2D eigenvalue weighted by Gasteiger charge is 2.15. The van der Waals surface area contributed by atoms with E-state index in [1.54, 1.807) is 36.4 Å². The molecule has 0 atom stereocenters. The third-order valence-electron chi connectivity index (χ3n) is 5.08. The molecule has 0 unspecified atom stereocenters. The fraction of sp³-hybridized carbons (Fsp3) is 0.214. The molecule has 0 radical (unpaired) electrons. The van der Waals surface area contributed by atoms with Crippen molar-refractivity contribution in [2.75, 3.05) is 13.2 Å². The molecule has 0 amide bonds. The number of aliphatic carboxylic acids is 1. The summed E-state index contributed by atoms with van der Waals surface area (Å²) in [4.78, 5) is 22.5. The van der Waals surface area contributed by atoms with Crippen molar-refractivity contribution in [3.05, 3.63) is 83.7 Å². The molecule has 0 saturated carbocycles. The molecule has 6 nitrogen and oxygen atoms in total. The number of benzene rings is 3. The zero-order chi connectivity index (χ0) is 25.2. The van der Waals surface area contributed by atoms with Gasteiger partial charge >= 0.3 is 11.9 Å². The van der Waals surface area contributed by atoms with Crippen LogP contribution in [-0.2, 0) is 16.0 Å². The molecule has 7 heteroatoms. The van der Waals surface area contributed by atoms with Gasteiger partial charge in [0.25, 0.3) is 0 Å². The first-order valence-electron chi connectivity index (χ1n) is 11.2. The second-order valence-electron chi connectivity index (χ2n) is 7.67. The molecule has 3 aromatic rings. The van der Waals surface area contributed by atoms with E-state index >= 15 is 0 Å². The van der Waals surface area contributed by atoms with Crippen LogP contribution < -0.4 is 14.2 Å². The van der Waals surface area contributed by atoms with E-state index in [-0.39, 0.29) is 5.82 Å². The van der Waals surface area contributed by atoms with Gasteiger partial charge in [0.05, 0.1) is 13.2 Å². The van der Waals surface area contributed by atoms with E-state index in [2.05, 4.69) is 0 Å². The molecule has 0 aliphatic heterocycles. The lowest BCUT2D eigenvalue weighted by Gasteiger charge is -2.16. The largest absolute Gasteiger partial charge is 0.493 e. The summed E-state index contributed by atoms with van der Waals surface area (Å²) in [6.07, 6.45) is 3.81. The van der Waals surface area contributed by atoms with Crippen LogP contribution in [-0.4, -0.2) is 30.3 Å². The average Bonchev–Trinajstić information content (AvgIpc) is 2.83. The number of esters is 1. The van der Waals surface area contributed by atoms with Crippen molar-refractivity contribution in [1.29, 1.82) is 0 Å². The van der Waals surface area contributed by atoms with Crippen LogP contribution in [0.3, 0.4) is 0 Å². The Kier molecular flexibility index (Phi) is 9.01. The van der Waals surface area contributed by atoms with E-state index in [1.807, 2.05) is 19.1 Å². The summed E-state index contributed by atoms with van der Waals surface area (Å²) in [6, 6.07) is 16.7. The fourth-order valence-electron chi connectivity index (χ4n) is 3.44. The Morgan fingerprint density at radius 1 is 0.943 bits per heavy atom. The minimum absolute atomic E-state index is 0.340. The Morgan fingerprint density at radius 2 is 1.63 bits per heavy atom. The average molecular weight is 479 g/mol. The number of rotatable bonds is 11. The number of carbonyl (C=O) groups is 2. The lowest BCUT2D eigenvalue weighted by Crippen LogP contribution is -2.08. The van der Waals surface area contributed by atoms with Crippen molar-refractivity contribution in [2.45, 2.75) is 26.7 Å². The normalized spacial score (nSPS) is 10.8. The molecule has 3 rings (SSSR count). The van der Waals surface area contributed by atoms with Gasteiger partial charge in [-0.3, -0.25) is 4.79 Å². The predicted molar refractivity (Wildman–Crippen MR) is 131 cm³/mol. The van der Waals surface area contributed by atoms with Crippen LogP contribution in [0, 0.1) is 5.82 Å². The number of ether oxygens (including phenoxy) is 3. The second kappa shape index (κ2) is 12.4. The summed E-state index contributed by atoms with van der Waals surface area (Å²) in [6.45, 7) is 4.04. The predicted octanol–water partition coefficient (Wildman–Crippen LogP) is 5.93. The van der Waals surface area contributed by atoms with Gasteiger partial charge in [-0.25, -0.2) is 9.18 Å². The highest BCUT2D eigenvalue weighted by Crippen LogP contribution is 2.37. The van der Waals surface area contributed by atoms with Gasteiger partial charge in [0.15, 0.2) is 0 Å². The quantitative estimate of drug-likeness (QED) is 0.159. The minimum Gasteiger partial charge on any atom is -0.493 e. The van der Waals surface area contributed by atoms with Gasteiger partial charge in [-0.2, -0.15) is 0 Å². The molecule has 0 aliphatic rings. The zero-order valence-electron chi connectivity index (χ0n) is 19.6. The number of carboxylic acids is 1. The molecule has 0 bridgehead atoms. The van der Waals surface area contributed by atoms with E-state index in [0.29, 0.717) is 54.4 Å². The number of aryl methyl sites for hydroxylation is 1. The molecule has 0 aromatic heterocycles. The fourth-order valence-corrected chi connectivity index (χ4v) is 3.44. The maximum absolute atomic E-state index is 13.4. The standard InChI is InChI=1S/C28H27FO6/c1-3-20-17-24(21-9-12-23(29)13-10-21)27(35-19(2)30)18-26(20)34-16-6-15-33-25-8-5-4-7-22(25)11-14-28(31)32/h4-5,7-14,17-18H,3,6,15-16H2,1-2H3,(H,31,32). The van der Waals surface area contributed by atoms with E-state index in [0.717, 1.165) is 17.2 Å². The summed E-state index contributed by atoms with van der Waals surface area (Å²) in [5, 5.41) is 8.84. The molecule has 0 heterocycles. The summed E-state index contributed by atoms with van der Waals surface area (Å²) in [5.41, 5.74) is 3.00. The Labute approximate surface area is 203 Å². The van der Waals surface area contributed by atoms with Gasteiger partial charge in [-0.05, 0) is 47.9 Å². The monoisotopic (exact) mass is 478 g/mol. The maximum atomic E-state index is 13.4. The Morgan fingerprint density at radius 3 is 2.29 bits per heavy atom. The van der Waals surface area contributed by atoms with Gasteiger partial charge in [0.1, 0.15) is 23.1 Å². The SMILES string of the molecule is CCc1cc(-c2ccc(F)cc2)c(OC(C)=O)cc1OCCCOc1ccccc1C=CC(=O)O. The molecule has 0 saturated heterocycles. The topological polar surface area (TPSA) is 82.1 Å². The van der Waals surface area contributed by atoms with Gasteiger partial charge in [0.2, 0.25) is 0 Å². The van der Waals surface area contributed by atoms with E-state index in [1.165, 1.54) is 25.1 Å². The van der Waals surface area contributed by atoms with Crippen molar-refractivity contribution in [3.63, 3.8) is 0 Å². The first-order chi connectivity index (χ1) is 16.9. The summed E-state index contributed by atoms with van der Waals surface area (Å²) < 4.78 is 30.6. The number of hydrogen-bond acceptors (Lipinski definition) is 5. The highest BCUT2D eigenvalue weighted by atomic mass is 19.1. The van der Waals surface area contributed by atoms with Gasteiger partial charge in [-0.1, -0.05) is 37.3 Å². The maximum Gasteiger partial charge on any atom is 0.328 e. The third-order valence-corrected chi connectivity index (χ3v) is 5.08. The highest BCUT2D eigenvalue weighted by molar-refractivity contribution is 5.85. The van der Waals surface area contributed by atoms with E-state index in [4.69, 9.17) is 19.3 Å². The van der Waals surface area contributed by atoms with E-state index in [9.17, 15) is 14.0 Å². The number of para-hydroxylation sites is 1.